The third kappa shape index (κ3) is 6.69. The van der Waals surface area contributed by atoms with Crippen LogP contribution in [0.15, 0.2) is 18.2 Å². The van der Waals surface area contributed by atoms with Gasteiger partial charge >= 0.3 is 12.0 Å². The molecule has 9 nitrogen and oxygen atoms in total. The molecule has 198 valence electrons. The molecule has 2 heterocycles. The maximum Gasteiger partial charge on any atom is 0.322 e. The van der Waals surface area contributed by atoms with Crippen molar-refractivity contribution in [3.05, 3.63) is 28.8 Å². The predicted molar refractivity (Wildman–Crippen MR) is 138 cm³/mol. The number of benzene rings is 1. The molecule has 0 aromatic heterocycles. The number of hydrogen-bond donors (Lipinski definition) is 2. The summed E-state index contributed by atoms with van der Waals surface area (Å²) in [6.45, 7) is 11.2. The average Bonchev–Trinajstić information content (AvgIpc) is 3.08. The van der Waals surface area contributed by atoms with E-state index in [2.05, 4.69) is 35.4 Å². The zero-order valence-electron chi connectivity index (χ0n) is 21.8. The van der Waals surface area contributed by atoms with Gasteiger partial charge in [-0.1, -0.05) is 18.5 Å². The molecule has 2 aliphatic heterocycles. The number of anilines is 1. The van der Waals surface area contributed by atoms with Gasteiger partial charge in [-0.3, -0.25) is 19.7 Å². The SMILES string of the molecule is CCc1cc(N2CCN(C(=O)CCC3(CCC(=O)OC(C)(C)C)NC(=O)NC3=O)C[C@@H]2C)ccc1Cl. The lowest BCUT2D eigenvalue weighted by molar-refractivity contribution is -0.155. The van der Waals surface area contributed by atoms with E-state index in [0.29, 0.717) is 19.6 Å². The second kappa shape index (κ2) is 11.1. The van der Waals surface area contributed by atoms with Gasteiger partial charge in [0.05, 0.1) is 0 Å². The van der Waals surface area contributed by atoms with Gasteiger partial charge in [0.15, 0.2) is 0 Å². The van der Waals surface area contributed by atoms with Gasteiger partial charge < -0.3 is 19.9 Å². The summed E-state index contributed by atoms with van der Waals surface area (Å²) in [4.78, 5) is 53.9. The molecule has 1 unspecified atom stereocenters. The minimum Gasteiger partial charge on any atom is -0.460 e. The van der Waals surface area contributed by atoms with Crippen LogP contribution < -0.4 is 15.5 Å². The third-order valence-corrected chi connectivity index (χ3v) is 7.05. The van der Waals surface area contributed by atoms with E-state index in [1.807, 2.05) is 12.1 Å². The van der Waals surface area contributed by atoms with E-state index in [1.54, 1.807) is 25.7 Å². The zero-order chi connectivity index (χ0) is 26.7. The number of carbonyl (C=O) groups is 4. The van der Waals surface area contributed by atoms with Crippen LogP contribution in [-0.2, 0) is 25.5 Å². The number of aryl methyl sites for hydroxylation is 1. The van der Waals surface area contributed by atoms with Crippen molar-refractivity contribution in [2.24, 2.45) is 0 Å². The molecule has 0 spiro atoms. The normalized spacial score (nSPS) is 22.3. The van der Waals surface area contributed by atoms with Crippen molar-refractivity contribution in [2.45, 2.75) is 83.9 Å². The number of ether oxygens (including phenoxy) is 1. The highest BCUT2D eigenvalue weighted by Gasteiger charge is 2.46. The molecule has 2 aliphatic rings. The van der Waals surface area contributed by atoms with E-state index >= 15 is 0 Å². The maximum atomic E-state index is 13.1. The number of nitrogens with one attached hydrogen (secondary N) is 2. The molecular weight excluding hydrogens is 484 g/mol. The number of esters is 1. The molecule has 0 saturated carbocycles. The lowest BCUT2D eigenvalue weighted by Gasteiger charge is -2.41. The van der Waals surface area contributed by atoms with Crippen molar-refractivity contribution in [2.75, 3.05) is 24.5 Å². The minimum atomic E-state index is -1.31. The highest BCUT2D eigenvalue weighted by molar-refractivity contribution is 6.31. The maximum absolute atomic E-state index is 13.1. The summed E-state index contributed by atoms with van der Waals surface area (Å²) < 4.78 is 5.33. The summed E-state index contributed by atoms with van der Waals surface area (Å²) in [7, 11) is 0. The second-order valence-corrected chi connectivity index (χ2v) is 11.0. The first kappa shape index (κ1) is 27.8. The highest BCUT2D eigenvalue weighted by Crippen LogP contribution is 2.28. The van der Waals surface area contributed by atoms with Gasteiger partial charge in [-0.15, -0.1) is 0 Å². The monoisotopic (exact) mass is 520 g/mol. The molecule has 0 bridgehead atoms. The Kier molecular flexibility index (Phi) is 8.54. The van der Waals surface area contributed by atoms with Gasteiger partial charge in [-0.05, 0) is 70.7 Å². The standard InChI is InChI=1S/C26H37ClN4O5/c1-6-18-15-19(7-8-20(18)27)31-14-13-30(16-17(31)2)21(32)9-11-26(23(34)28-24(35)29-26)12-10-22(33)36-25(3,4)5/h7-8,15,17H,6,9-14,16H2,1-5H3,(H2,28,29,34,35)/t17-,26?/m0/s1. The molecule has 4 amide bonds. The van der Waals surface area contributed by atoms with Crippen molar-refractivity contribution in [3.8, 4) is 0 Å². The predicted octanol–water partition coefficient (Wildman–Crippen LogP) is 3.42. The van der Waals surface area contributed by atoms with E-state index in [9.17, 15) is 19.2 Å². The van der Waals surface area contributed by atoms with Crippen molar-refractivity contribution < 1.29 is 23.9 Å². The Balaban J connectivity index is 1.60. The molecule has 0 radical (unpaired) electrons. The third-order valence-electron chi connectivity index (χ3n) is 6.68. The molecule has 3 rings (SSSR count). The Bertz CT molecular complexity index is 1020. The van der Waals surface area contributed by atoms with Crippen LogP contribution in [0.1, 0.15) is 65.9 Å². The van der Waals surface area contributed by atoms with Gasteiger partial charge in [0, 0.05) is 49.2 Å². The molecule has 10 heteroatoms. The number of urea groups is 1. The summed E-state index contributed by atoms with van der Waals surface area (Å²) in [6, 6.07) is 5.51. The topological polar surface area (TPSA) is 108 Å². The summed E-state index contributed by atoms with van der Waals surface area (Å²) in [5.74, 6) is -1.06. The zero-order valence-corrected chi connectivity index (χ0v) is 22.5. The number of halogens is 1. The van der Waals surface area contributed by atoms with E-state index in [4.69, 9.17) is 16.3 Å². The van der Waals surface area contributed by atoms with Crippen LogP contribution >= 0.6 is 11.6 Å². The summed E-state index contributed by atoms with van der Waals surface area (Å²) in [5.41, 5.74) is 0.220. The van der Waals surface area contributed by atoms with E-state index in [-0.39, 0.29) is 37.6 Å². The van der Waals surface area contributed by atoms with Gasteiger partial charge in [0.2, 0.25) is 5.91 Å². The number of carbonyl (C=O) groups excluding carboxylic acids is 4. The fourth-order valence-electron chi connectivity index (χ4n) is 4.77. The van der Waals surface area contributed by atoms with Crippen LogP contribution in [0.4, 0.5) is 10.5 Å². The Labute approximate surface area is 217 Å². The lowest BCUT2D eigenvalue weighted by atomic mass is 9.88. The molecule has 1 aromatic rings. The smallest absolute Gasteiger partial charge is 0.322 e. The van der Waals surface area contributed by atoms with E-state index in [1.165, 1.54) is 0 Å². The van der Waals surface area contributed by atoms with E-state index < -0.39 is 29.0 Å². The highest BCUT2D eigenvalue weighted by atomic mass is 35.5. The van der Waals surface area contributed by atoms with Crippen molar-refractivity contribution >= 4 is 41.1 Å². The molecule has 2 saturated heterocycles. The number of amides is 4. The summed E-state index contributed by atoms with van der Waals surface area (Å²) in [5, 5.41) is 5.65. The van der Waals surface area contributed by atoms with Crippen LogP contribution in [0.3, 0.4) is 0 Å². The summed E-state index contributed by atoms with van der Waals surface area (Å²) in [6.07, 6.45) is 1.05. The van der Waals surface area contributed by atoms with E-state index in [0.717, 1.165) is 22.7 Å². The molecule has 0 aliphatic carbocycles. The van der Waals surface area contributed by atoms with Crippen molar-refractivity contribution in [1.29, 1.82) is 0 Å². The molecule has 2 atom stereocenters. The fraction of sp³-hybridized carbons (Fsp3) is 0.615. The van der Waals surface area contributed by atoms with Crippen LogP contribution in [0.5, 0.6) is 0 Å². The minimum absolute atomic E-state index is 0.0459. The lowest BCUT2D eigenvalue weighted by Crippen LogP contribution is -2.54. The average molecular weight is 521 g/mol. The van der Waals surface area contributed by atoms with Crippen LogP contribution in [-0.4, -0.2) is 65.5 Å². The van der Waals surface area contributed by atoms with Crippen LogP contribution in [0.2, 0.25) is 5.02 Å². The Morgan fingerprint density at radius 2 is 1.86 bits per heavy atom. The fourth-order valence-corrected chi connectivity index (χ4v) is 5.02. The number of piperazine rings is 1. The number of rotatable bonds is 8. The Hall–Kier alpha value is -2.81. The quantitative estimate of drug-likeness (QED) is 0.401. The first-order valence-corrected chi connectivity index (χ1v) is 12.9. The largest absolute Gasteiger partial charge is 0.460 e. The van der Waals surface area contributed by atoms with Gasteiger partial charge in [0.25, 0.3) is 5.91 Å². The first-order chi connectivity index (χ1) is 16.8. The molecule has 36 heavy (non-hydrogen) atoms. The second-order valence-electron chi connectivity index (χ2n) is 10.6. The van der Waals surface area contributed by atoms with Crippen LogP contribution in [0, 0.1) is 0 Å². The number of nitrogens with zero attached hydrogens (tertiary/aromatic N) is 2. The molecular formula is C26H37ClN4O5. The summed E-state index contributed by atoms with van der Waals surface area (Å²) >= 11 is 6.27. The number of hydrogen-bond acceptors (Lipinski definition) is 6. The molecule has 1 aromatic carbocycles. The van der Waals surface area contributed by atoms with Crippen LogP contribution in [0.25, 0.3) is 0 Å². The first-order valence-electron chi connectivity index (χ1n) is 12.5. The Morgan fingerprint density at radius 1 is 1.17 bits per heavy atom. The number of imide groups is 1. The van der Waals surface area contributed by atoms with Crippen molar-refractivity contribution in [1.82, 2.24) is 15.5 Å². The molecule has 2 fully saturated rings. The van der Waals surface area contributed by atoms with Crippen molar-refractivity contribution in [3.63, 3.8) is 0 Å². The molecule has 2 N–H and O–H groups in total. The van der Waals surface area contributed by atoms with Gasteiger partial charge in [-0.2, -0.15) is 0 Å². The van der Waals surface area contributed by atoms with Gasteiger partial charge in [0.1, 0.15) is 11.1 Å². The van der Waals surface area contributed by atoms with Gasteiger partial charge in [-0.25, -0.2) is 4.79 Å². The Morgan fingerprint density at radius 3 is 2.44 bits per heavy atom.